The van der Waals surface area contributed by atoms with E-state index in [4.69, 9.17) is 9.47 Å². The zero-order valence-corrected chi connectivity index (χ0v) is 16.5. The van der Waals surface area contributed by atoms with Crippen LogP contribution in [0.25, 0.3) is 0 Å². The number of imide groups is 1. The van der Waals surface area contributed by atoms with Gasteiger partial charge >= 0.3 is 0 Å². The molecule has 4 aliphatic rings. The summed E-state index contributed by atoms with van der Waals surface area (Å²) in [5, 5.41) is 5.20. The smallest absolute Gasteiger partial charge is 0.260 e. The van der Waals surface area contributed by atoms with Crippen LogP contribution in [0.1, 0.15) is 12.0 Å². The second kappa shape index (κ2) is 7.68. The van der Waals surface area contributed by atoms with E-state index in [0.29, 0.717) is 32.1 Å². The number of hydrogen-bond donors (Lipinski definition) is 0. The Balaban J connectivity index is 1.17. The van der Waals surface area contributed by atoms with Gasteiger partial charge in [-0.3, -0.25) is 14.4 Å². The third-order valence-corrected chi connectivity index (χ3v) is 6.38. The molecule has 1 saturated carbocycles. The number of carbonyl (C=O) groups excluding carboxylic acids is 3. The molecule has 0 aromatic heterocycles. The summed E-state index contributed by atoms with van der Waals surface area (Å²) in [6.45, 7) is 2.27. The van der Waals surface area contributed by atoms with Crippen molar-refractivity contribution < 1.29 is 23.9 Å². The Labute approximate surface area is 174 Å². The first kappa shape index (κ1) is 19.0. The highest BCUT2D eigenvalue weighted by atomic mass is 16.5. The molecule has 3 fully saturated rings. The lowest BCUT2D eigenvalue weighted by Crippen LogP contribution is -2.42. The predicted molar refractivity (Wildman–Crippen MR) is 107 cm³/mol. The monoisotopic (exact) mass is 409 g/mol. The number of nitrogens with zero attached hydrogens (tertiary/aromatic N) is 3. The number of hydrogen-bond acceptors (Lipinski definition) is 6. The van der Waals surface area contributed by atoms with E-state index in [1.165, 1.54) is 6.21 Å². The molecule has 2 aliphatic heterocycles. The molecular weight excluding hydrogens is 386 g/mol. The maximum atomic E-state index is 12.6. The van der Waals surface area contributed by atoms with Crippen LogP contribution in [0.2, 0.25) is 0 Å². The Morgan fingerprint density at radius 1 is 1.07 bits per heavy atom. The highest BCUT2D eigenvalue weighted by Gasteiger charge is 2.59. The van der Waals surface area contributed by atoms with Gasteiger partial charge in [-0.1, -0.05) is 12.2 Å². The number of amides is 3. The summed E-state index contributed by atoms with van der Waals surface area (Å²) in [4.78, 5) is 39.1. The molecule has 8 nitrogen and oxygen atoms in total. The normalized spacial score (nSPS) is 29.9. The van der Waals surface area contributed by atoms with Crippen molar-refractivity contribution in [2.24, 2.45) is 28.8 Å². The second-order valence-electron chi connectivity index (χ2n) is 8.08. The number of hydrazone groups is 1. The zero-order valence-electron chi connectivity index (χ0n) is 16.5. The molecule has 0 radical (unpaired) electrons. The number of morpholine rings is 1. The summed E-state index contributed by atoms with van der Waals surface area (Å²) in [7, 11) is 0. The van der Waals surface area contributed by atoms with Gasteiger partial charge in [0.1, 0.15) is 5.75 Å². The van der Waals surface area contributed by atoms with Crippen LogP contribution < -0.4 is 4.74 Å². The van der Waals surface area contributed by atoms with Gasteiger partial charge < -0.3 is 14.4 Å². The Kier molecular flexibility index (Phi) is 4.86. The van der Waals surface area contributed by atoms with E-state index >= 15 is 0 Å². The average Bonchev–Trinajstić information content (AvgIpc) is 3.46. The lowest BCUT2D eigenvalue weighted by molar-refractivity contribution is -0.140. The number of allylic oxidation sites excluding steroid dienone is 2. The van der Waals surface area contributed by atoms with Gasteiger partial charge in [-0.25, -0.2) is 0 Å². The molecule has 1 aromatic rings. The van der Waals surface area contributed by atoms with Crippen LogP contribution in [0, 0.1) is 23.7 Å². The number of carbonyl (C=O) groups is 3. The van der Waals surface area contributed by atoms with Gasteiger partial charge in [0.05, 0.1) is 31.3 Å². The first-order chi connectivity index (χ1) is 14.6. The van der Waals surface area contributed by atoms with Crippen LogP contribution in [0.15, 0.2) is 41.5 Å². The molecule has 4 atom stereocenters. The number of ether oxygens (including phenoxy) is 2. The minimum absolute atomic E-state index is 0.0244. The van der Waals surface area contributed by atoms with Gasteiger partial charge in [0.15, 0.2) is 6.61 Å². The van der Waals surface area contributed by atoms with Crippen LogP contribution in [-0.4, -0.2) is 66.8 Å². The Morgan fingerprint density at radius 3 is 2.33 bits per heavy atom. The average molecular weight is 409 g/mol. The van der Waals surface area contributed by atoms with Crippen molar-refractivity contribution in [3.8, 4) is 5.75 Å². The summed E-state index contributed by atoms with van der Waals surface area (Å²) >= 11 is 0. The first-order valence-electron chi connectivity index (χ1n) is 10.3. The highest BCUT2D eigenvalue weighted by Crippen LogP contribution is 2.52. The topological polar surface area (TPSA) is 88.5 Å². The number of rotatable bonds is 5. The Morgan fingerprint density at radius 2 is 1.70 bits per heavy atom. The summed E-state index contributed by atoms with van der Waals surface area (Å²) in [5.74, 6) is -0.0296. The molecule has 0 N–H and O–H groups in total. The van der Waals surface area contributed by atoms with Crippen LogP contribution in [0.3, 0.4) is 0 Å². The van der Waals surface area contributed by atoms with Crippen LogP contribution in [-0.2, 0) is 19.1 Å². The van der Waals surface area contributed by atoms with Crippen LogP contribution in [0.5, 0.6) is 5.75 Å². The summed E-state index contributed by atoms with van der Waals surface area (Å²) < 4.78 is 10.8. The molecule has 2 heterocycles. The van der Waals surface area contributed by atoms with Crippen molar-refractivity contribution in [3.63, 3.8) is 0 Å². The van der Waals surface area contributed by atoms with Gasteiger partial charge in [-0.2, -0.15) is 10.1 Å². The van der Waals surface area contributed by atoms with E-state index < -0.39 is 0 Å². The maximum Gasteiger partial charge on any atom is 0.260 e. The fraction of sp³-hybridized carbons (Fsp3) is 0.455. The number of benzene rings is 1. The molecule has 2 saturated heterocycles. The fourth-order valence-corrected chi connectivity index (χ4v) is 4.82. The van der Waals surface area contributed by atoms with E-state index in [2.05, 4.69) is 17.3 Å². The summed E-state index contributed by atoms with van der Waals surface area (Å²) in [6.07, 6.45) is 6.54. The predicted octanol–water partition coefficient (Wildman–Crippen LogP) is 1.07. The molecule has 1 aromatic carbocycles. The van der Waals surface area contributed by atoms with Gasteiger partial charge in [-0.05, 0) is 48.1 Å². The van der Waals surface area contributed by atoms with Crippen molar-refractivity contribution in [1.29, 1.82) is 0 Å². The van der Waals surface area contributed by atoms with Crippen LogP contribution >= 0.6 is 0 Å². The van der Waals surface area contributed by atoms with E-state index in [1.807, 2.05) is 0 Å². The van der Waals surface area contributed by atoms with Crippen molar-refractivity contribution >= 4 is 23.9 Å². The van der Waals surface area contributed by atoms with Gasteiger partial charge in [-0.15, -0.1) is 0 Å². The fourth-order valence-electron chi connectivity index (χ4n) is 4.82. The van der Waals surface area contributed by atoms with Crippen molar-refractivity contribution in [2.75, 3.05) is 32.9 Å². The molecule has 5 rings (SSSR count). The largest absolute Gasteiger partial charge is 0.484 e. The quantitative estimate of drug-likeness (QED) is 0.412. The molecule has 0 spiro atoms. The SMILES string of the molecule is O=C(COc1ccc(C=NN2C(=O)C3C4C=CC(C4)C3C2=O)cc1)N1CCOCC1. The second-order valence-corrected chi connectivity index (χ2v) is 8.08. The molecule has 4 unspecified atom stereocenters. The minimum atomic E-state index is -0.246. The minimum Gasteiger partial charge on any atom is -0.484 e. The Bertz CT molecular complexity index is 889. The van der Waals surface area contributed by atoms with Gasteiger partial charge in [0, 0.05) is 13.1 Å². The van der Waals surface area contributed by atoms with E-state index in [9.17, 15) is 14.4 Å². The van der Waals surface area contributed by atoms with Crippen molar-refractivity contribution in [1.82, 2.24) is 9.91 Å². The van der Waals surface area contributed by atoms with E-state index in [0.717, 1.165) is 17.0 Å². The summed E-state index contributed by atoms with van der Waals surface area (Å²) in [5.41, 5.74) is 0.737. The van der Waals surface area contributed by atoms with Crippen molar-refractivity contribution in [3.05, 3.63) is 42.0 Å². The van der Waals surface area contributed by atoms with Gasteiger partial charge in [0.2, 0.25) is 0 Å². The first-order valence-corrected chi connectivity index (χ1v) is 10.3. The highest BCUT2D eigenvalue weighted by molar-refractivity contribution is 6.06. The molecule has 2 aliphatic carbocycles. The van der Waals surface area contributed by atoms with Crippen LogP contribution in [0.4, 0.5) is 0 Å². The molecule has 2 bridgehead atoms. The lowest BCUT2D eigenvalue weighted by atomic mass is 9.85. The van der Waals surface area contributed by atoms with Gasteiger partial charge in [0.25, 0.3) is 17.7 Å². The van der Waals surface area contributed by atoms with Crippen molar-refractivity contribution in [2.45, 2.75) is 6.42 Å². The standard InChI is InChI=1S/C22H23N3O5/c26-18(24-7-9-29-10-8-24)13-30-17-5-1-14(2-6-17)12-23-25-21(27)19-15-3-4-16(11-15)20(19)22(25)28/h1-6,12,15-16,19-20H,7-11,13H2. The number of fused-ring (bicyclic) bond motifs is 5. The lowest BCUT2D eigenvalue weighted by Gasteiger charge is -2.26. The molecule has 156 valence electrons. The summed E-state index contributed by atoms with van der Waals surface area (Å²) in [6, 6.07) is 7.02. The van der Waals surface area contributed by atoms with E-state index in [1.54, 1.807) is 29.2 Å². The zero-order chi connectivity index (χ0) is 20.7. The third-order valence-electron chi connectivity index (χ3n) is 6.38. The molecule has 8 heteroatoms. The molecule has 3 amide bonds. The molecule has 30 heavy (non-hydrogen) atoms. The third kappa shape index (κ3) is 3.31. The van der Waals surface area contributed by atoms with E-state index in [-0.39, 0.29) is 48.0 Å². The maximum absolute atomic E-state index is 12.6. The Hall–Kier alpha value is -3.00. The molecular formula is C22H23N3O5.